The van der Waals surface area contributed by atoms with Gasteiger partial charge in [-0.3, -0.25) is 20.2 Å². The predicted molar refractivity (Wildman–Crippen MR) is 42.1 cm³/mol. The number of nitro groups is 2. The van der Waals surface area contributed by atoms with Crippen LogP contribution in [-0.4, -0.2) is 21.9 Å². The van der Waals surface area contributed by atoms with Crippen LogP contribution in [0.2, 0.25) is 0 Å². The summed E-state index contributed by atoms with van der Waals surface area (Å²) >= 11 is 0. The van der Waals surface area contributed by atoms with E-state index >= 15 is 0 Å². The fourth-order valence-electron chi connectivity index (χ4n) is 0.959. The molecule has 0 aliphatic heterocycles. The van der Waals surface area contributed by atoms with Crippen LogP contribution >= 0.6 is 0 Å². The van der Waals surface area contributed by atoms with Crippen molar-refractivity contribution in [1.29, 1.82) is 0 Å². The lowest BCUT2D eigenvalue weighted by Crippen LogP contribution is -2.36. The zero-order chi connectivity index (χ0) is 9.72. The Morgan fingerprint density at radius 3 is 2.00 bits per heavy atom. The van der Waals surface area contributed by atoms with Crippen molar-refractivity contribution in [2.75, 3.05) is 0 Å². The van der Waals surface area contributed by atoms with Gasteiger partial charge in [0.2, 0.25) is 0 Å². The molecule has 0 saturated heterocycles. The van der Waals surface area contributed by atoms with Crippen molar-refractivity contribution in [3.05, 3.63) is 20.2 Å². The third kappa shape index (κ3) is 2.81. The molecule has 0 amide bonds. The Morgan fingerprint density at radius 2 is 1.75 bits per heavy atom. The molecule has 0 bridgehead atoms. The van der Waals surface area contributed by atoms with Crippen LogP contribution in [0.4, 0.5) is 0 Å². The van der Waals surface area contributed by atoms with Crippen LogP contribution < -0.4 is 0 Å². The van der Waals surface area contributed by atoms with Gasteiger partial charge < -0.3 is 0 Å². The second-order valence-electron chi connectivity index (χ2n) is 2.67. The van der Waals surface area contributed by atoms with Gasteiger partial charge in [0.1, 0.15) is 0 Å². The topological polar surface area (TPSA) is 86.3 Å². The van der Waals surface area contributed by atoms with E-state index in [1.165, 1.54) is 6.92 Å². The molecule has 2 unspecified atom stereocenters. The van der Waals surface area contributed by atoms with E-state index in [0.717, 1.165) is 0 Å². The standard InChI is InChI=1S/C6H12N2O4/c1-3-4-6(8(11)12)5(2)7(9)10/h5-6H,3-4H2,1-2H3. The van der Waals surface area contributed by atoms with Gasteiger partial charge in [0, 0.05) is 23.2 Å². The first kappa shape index (κ1) is 10.8. The zero-order valence-electron chi connectivity index (χ0n) is 7.10. The van der Waals surface area contributed by atoms with Gasteiger partial charge in [-0.05, 0) is 6.42 Å². The van der Waals surface area contributed by atoms with Crippen molar-refractivity contribution in [2.45, 2.75) is 38.8 Å². The summed E-state index contributed by atoms with van der Waals surface area (Å²) < 4.78 is 0. The molecule has 0 aromatic carbocycles. The van der Waals surface area contributed by atoms with Crippen molar-refractivity contribution >= 4 is 0 Å². The Bertz CT molecular complexity index is 182. The average Bonchev–Trinajstić information content (AvgIpc) is 1.98. The molecule has 6 heteroatoms. The van der Waals surface area contributed by atoms with Crippen molar-refractivity contribution in [2.24, 2.45) is 0 Å². The molecule has 0 fully saturated rings. The summed E-state index contributed by atoms with van der Waals surface area (Å²) in [6.45, 7) is 3.03. The molecule has 0 aromatic rings. The maximum atomic E-state index is 10.3. The molecule has 0 heterocycles. The van der Waals surface area contributed by atoms with E-state index in [-0.39, 0.29) is 6.42 Å². The highest BCUT2D eigenvalue weighted by atomic mass is 16.6. The summed E-state index contributed by atoms with van der Waals surface area (Å²) in [6.07, 6.45) is 0.846. The van der Waals surface area contributed by atoms with Crippen LogP contribution in [0.3, 0.4) is 0 Å². The Morgan fingerprint density at radius 1 is 1.25 bits per heavy atom. The Balaban J connectivity index is 4.28. The van der Waals surface area contributed by atoms with E-state index in [4.69, 9.17) is 0 Å². The third-order valence-electron chi connectivity index (χ3n) is 1.74. The highest BCUT2D eigenvalue weighted by Crippen LogP contribution is 2.08. The molecule has 70 valence electrons. The van der Waals surface area contributed by atoms with Gasteiger partial charge in [0.05, 0.1) is 0 Å². The van der Waals surface area contributed by atoms with Gasteiger partial charge in [0.15, 0.2) is 0 Å². The SMILES string of the molecule is CCCC(C(C)[N+](=O)[O-])[N+](=O)[O-]. The summed E-state index contributed by atoms with van der Waals surface area (Å²) in [6, 6.07) is -2.15. The molecule has 0 radical (unpaired) electrons. The van der Waals surface area contributed by atoms with Crippen molar-refractivity contribution < 1.29 is 9.85 Å². The highest BCUT2D eigenvalue weighted by Gasteiger charge is 2.35. The minimum atomic E-state index is -1.10. The lowest BCUT2D eigenvalue weighted by atomic mass is 10.1. The van der Waals surface area contributed by atoms with E-state index in [9.17, 15) is 20.2 Å². The van der Waals surface area contributed by atoms with Crippen LogP contribution in [0, 0.1) is 20.2 Å². The maximum Gasteiger partial charge on any atom is 0.278 e. The van der Waals surface area contributed by atoms with Gasteiger partial charge in [0.25, 0.3) is 12.1 Å². The lowest BCUT2D eigenvalue weighted by Gasteiger charge is -2.08. The van der Waals surface area contributed by atoms with Gasteiger partial charge >= 0.3 is 0 Å². The molecule has 0 aliphatic carbocycles. The first-order chi connectivity index (χ1) is 5.50. The van der Waals surface area contributed by atoms with Gasteiger partial charge in [-0.15, -0.1) is 0 Å². The molecule has 6 nitrogen and oxygen atoms in total. The number of nitrogens with zero attached hydrogens (tertiary/aromatic N) is 2. The van der Waals surface area contributed by atoms with Crippen LogP contribution in [-0.2, 0) is 0 Å². The third-order valence-corrected chi connectivity index (χ3v) is 1.74. The highest BCUT2D eigenvalue weighted by molar-refractivity contribution is 4.62. The molecule has 0 spiro atoms. The monoisotopic (exact) mass is 176 g/mol. The van der Waals surface area contributed by atoms with E-state index in [1.54, 1.807) is 6.92 Å². The van der Waals surface area contributed by atoms with Crippen molar-refractivity contribution in [3.63, 3.8) is 0 Å². The zero-order valence-corrected chi connectivity index (χ0v) is 7.10. The van der Waals surface area contributed by atoms with Crippen LogP contribution in [0.1, 0.15) is 26.7 Å². The molecule has 0 aromatic heterocycles. The Hall–Kier alpha value is -1.20. The summed E-state index contributed by atoms with van der Waals surface area (Å²) in [5.74, 6) is 0. The van der Waals surface area contributed by atoms with E-state index in [1.807, 2.05) is 0 Å². The summed E-state index contributed by atoms with van der Waals surface area (Å²) in [7, 11) is 0. The van der Waals surface area contributed by atoms with E-state index in [2.05, 4.69) is 0 Å². The quantitative estimate of drug-likeness (QED) is 0.463. The largest absolute Gasteiger partial charge is 0.278 e. The van der Waals surface area contributed by atoms with E-state index < -0.39 is 21.9 Å². The molecule has 2 atom stereocenters. The van der Waals surface area contributed by atoms with Crippen molar-refractivity contribution in [1.82, 2.24) is 0 Å². The lowest BCUT2D eigenvalue weighted by molar-refractivity contribution is -0.614. The molecule has 0 rings (SSSR count). The molecule has 0 saturated carbocycles. The summed E-state index contributed by atoms with van der Waals surface area (Å²) in [5.41, 5.74) is 0. The maximum absolute atomic E-state index is 10.3. The number of hydrogen-bond acceptors (Lipinski definition) is 4. The molecule has 0 N–H and O–H groups in total. The van der Waals surface area contributed by atoms with Crippen LogP contribution in [0.15, 0.2) is 0 Å². The molecular formula is C6H12N2O4. The van der Waals surface area contributed by atoms with Crippen LogP contribution in [0.25, 0.3) is 0 Å². The first-order valence-corrected chi connectivity index (χ1v) is 3.77. The minimum Gasteiger partial charge on any atom is -0.264 e. The average molecular weight is 176 g/mol. The second kappa shape index (κ2) is 4.63. The molecule has 12 heavy (non-hydrogen) atoms. The predicted octanol–water partition coefficient (Wildman–Crippen LogP) is 1.10. The first-order valence-electron chi connectivity index (χ1n) is 3.77. The van der Waals surface area contributed by atoms with Gasteiger partial charge in [-0.25, -0.2) is 0 Å². The summed E-state index contributed by atoms with van der Waals surface area (Å²) in [4.78, 5) is 19.4. The minimum absolute atomic E-state index is 0.259. The van der Waals surface area contributed by atoms with Crippen LogP contribution in [0.5, 0.6) is 0 Å². The van der Waals surface area contributed by atoms with E-state index in [0.29, 0.717) is 6.42 Å². The normalized spacial score (nSPS) is 15.2. The summed E-state index contributed by atoms with van der Waals surface area (Å²) in [5, 5.41) is 20.6. The fourth-order valence-corrected chi connectivity index (χ4v) is 0.959. The number of hydrogen-bond donors (Lipinski definition) is 0. The van der Waals surface area contributed by atoms with Gasteiger partial charge in [-0.1, -0.05) is 6.92 Å². The molecular weight excluding hydrogens is 164 g/mol. The Kier molecular flexibility index (Phi) is 4.17. The Labute approximate surface area is 69.9 Å². The smallest absolute Gasteiger partial charge is 0.264 e. The van der Waals surface area contributed by atoms with Crippen molar-refractivity contribution in [3.8, 4) is 0 Å². The second-order valence-corrected chi connectivity index (χ2v) is 2.67. The number of rotatable bonds is 5. The fraction of sp³-hybridized carbons (Fsp3) is 1.00. The molecule has 0 aliphatic rings. The van der Waals surface area contributed by atoms with Gasteiger partial charge in [-0.2, -0.15) is 0 Å².